The van der Waals surface area contributed by atoms with E-state index in [1.165, 1.54) is 0 Å². The van der Waals surface area contributed by atoms with Crippen LogP contribution in [0.2, 0.25) is 0 Å². The van der Waals surface area contributed by atoms with Crippen LogP contribution in [0.15, 0.2) is 0 Å². The zero-order valence-electron chi connectivity index (χ0n) is 17.3. The second kappa shape index (κ2) is 15.0. The number of carbonyl (C=O) groups is 3. The predicted molar refractivity (Wildman–Crippen MR) is 107 cm³/mol. The van der Waals surface area contributed by atoms with E-state index in [1.807, 2.05) is 0 Å². The number of aliphatic hydroxyl groups excluding tert-OH is 1. The number of aliphatic hydroxyl groups is 1. The summed E-state index contributed by atoms with van der Waals surface area (Å²) in [6, 6.07) is 0. The molecular weight excluding hydrogens is 400 g/mol. The maximum Gasteiger partial charge on any atom is 0.317 e. The minimum Gasteiger partial charge on any atom is -0.480 e. The van der Waals surface area contributed by atoms with Crippen molar-refractivity contribution in [3.63, 3.8) is 0 Å². The van der Waals surface area contributed by atoms with Gasteiger partial charge in [-0.15, -0.1) is 0 Å². The quantitative estimate of drug-likeness (QED) is 0.254. The summed E-state index contributed by atoms with van der Waals surface area (Å²) in [4.78, 5) is 40.9. The van der Waals surface area contributed by atoms with Crippen LogP contribution in [0.5, 0.6) is 0 Å². The van der Waals surface area contributed by atoms with Crippen LogP contribution >= 0.6 is 0 Å². The first kappa shape index (κ1) is 26.2. The van der Waals surface area contributed by atoms with E-state index in [2.05, 4.69) is 4.90 Å². The van der Waals surface area contributed by atoms with E-state index in [4.69, 9.17) is 14.9 Å². The molecule has 0 aromatic heterocycles. The summed E-state index contributed by atoms with van der Waals surface area (Å²) in [5.74, 6) is -2.87. The number of rotatable bonds is 11. The molecule has 174 valence electrons. The largest absolute Gasteiger partial charge is 0.480 e. The van der Waals surface area contributed by atoms with E-state index in [1.54, 1.807) is 14.7 Å². The predicted octanol–water partition coefficient (Wildman–Crippen LogP) is -2.53. The molecule has 1 fully saturated rings. The lowest BCUT2D eigenvalue weighted by molar-refractivity contribution is -0.140. The van der Waals surface area contributed by atoms with Crippen molar-refractivity contribution in [3.05, 3.63) is 0 Å². The fourth-order valence-corrected chi connectivity index (χ4v) is 3.21. The summed E-state index contributed by atoms with van der Waals surface area (Å²) in [5, 5.41) is 36.3. The number of aliphatic carboxylic acids is 3. The minimum atomic E-state index is -0.981. The lowest BCUT2D eigenvalue weighted by atomic mass is 10.3. The van der Waals surface area contributed by atoms with Gasteiger partial charge in [-0.25, -0.2) is 0 Å². The van der Waals surface area contributed by atoms with Crippen LogP contribution in [0, 0.1) is 0 Å². The molecule has 1 aliphatic rings. The highest BCUT2D eigenvalue weighted by Gasteiger charge is 2.19. The van der Waals surface area contributed by atoms with E-state index in [0.29, 0.717) is 65.5 Å². The summed E-state index contributed by atoms with van der Waals surface area (Å²) in [5.41, 5.74) is 0. The molecule has 0 aromatic carbocycles. The van der Waals surface area contributed by atoms with Crippen LogP contribution in [0.25, 0.3) is 0 Å². The average molecular weight is 434 g/mol. The molecule has 0 unspecified atom stereocenters. The Hall–Kier alpha value is -1.83. The third-order valence-corrected chi connectivity index (χ3v) is 4.79. The number of carboxylic acids is 3. The normalized spacial score (nSPS) is 19.1. The molecule has 12 heteroatoms. The van der Waals surface area contributed by atoms with E-state index in [-0.39, 0.29) is 32.8 Å². The van der Waals surface area contributed by atoms with Gasteiger partial charge in [0.25, 0.3) is 0 Å². The standard InChI is InChI=1S/C18H34N4O8/c23-10-12-30-11-9-19-1-3-20(13-16(24)25)5-7-22(15-18(28)29)8-6-21(4-2-19)14-17(26)27/h23H,1-15H2,(H,24,25)(H,26,27)(H,28,29). The van der Waals surface area contributed by atoms with Gasteiger partial charge in [-0.3, -0.25) is 34.0 Å². The average Bonchev–Trinajstić information content (AvgIpc) is 2.65. The van der Waals surface area contributed by atoms with Gasteiger partial charge in [0, 0.05) is 58.9 Å². The second-order valence-electron chi connectivity index (χ2n) is 7.19. The Labute approximate surface area is 176 Å². The summed E-state index contributed by atoms with van der Waals surface area (Å²) in [7, 11) is 0. The topological polar surface area (TPSA) is 154 Å². The van der Waals surface area contributed by atoms with Gasteiger partial charge < -0.3 is 25.2 Å². The van der Waals surface area contributed by atoms with Gasteiger partial charge >= 0.3 is 17.9 Å². The van der Waals surface area contributed by atoms with Gasteiger partial charge in [0.1, 0.15) is 0 Å². The van der Waals surface area contributed by atoms with E-state index < -0.39 is 17.9 Å². The molecule has 0 spiro atoms. The highest BCUT2D eigenvalue weighted by atomic mass is 16.5. The highest BCUT2D eigenvalue weighted by molar-refractivity contribution is 5.69. The van der Waals surface area contributed by atoms with Crippen molar-refractivity contribution >= 4 is 17.9 Å². The van der Waals surface area contributed by atoms with Crippen molar-refractivity contribution < 1.29 is 39.5 Å². The van der Waals surface area contributed by atoms with Crippen LogP contribution in [0.1, 0.15) is 0 Å². The van der Waals surface area contributed by atoms with Gasteiger partial charge in [0.05, 0.1) is 39.5 Å². The third-order valence-electron chi connectivity index (χ3n) is 4.79. The molecule has 12 nitrogen and oxygen atoms in total. The lowest BCUT2D eigenvalue weighted by Crippen LogP contribution is -2.48. The molecule has 30 heavy (non-hydrogen) atoms. The molecule has 1 rings (SSSR count). The zero-order chi connectivity index (χ0) is 22.4. The van der Waals surface area contributed by atoms with Gasteiger partial charge in [0.15, 0.2) is 0 Å². The lowest BCUT2D eigenvalue weighted by Gasteiger charge is -2.33. The van der Waals surface area contributed by atoms with Crippen LogP contribution in [-0.2, 0) is 19.1 Å². The number of carboxylic acid groups (broad SMARTS) is 3. The molecule has 1 heterocycles. The van der Waals surface area contributed by atoms with Crippen molar-refractivity contribution in [2.75, 3.05) is 98.4 Å². The number of nitrogens with zero attached hydrogens (tertiary/aromatic N) is 4. The van der Waals surface area contributed by atoms with Crippen molar-refractivity contribution in [2.24, 2.45) is 0 Å². The minimum absolute atomic E-state index is 0.0639. The summed E-state index contributed by atoms with van der Waals surface area (Å²) in [6.07, 6.45) is 0. The van der Waals surface area contributed by atoms with Crippen LogP contribution in [-0.4, -0.2) is 156 Å². The SMILES string of the molecule is O=C(O)CN1CCN(CCOCCO)CCN(CC(=O)O)CCN(CC(=O)O)CC1. The Morgan fingerprint density at radius 1 is 0.600 bits per heavy atom. The van der Waals surface area contributed by atoms with E-state index in [0.717, 1.165) is 0 Å². The Bertz CT molecular complexity index is 504. The Morgan fingerprint density at radius 2 is 0.933 bits per heavy atom. The van der Waals surface area contributed by atoms with Crippen LogP contribution in [0.4, 0.5) is 0 Å². The Morgan fingerprint density at radius 3 is 1.23 bits per heavy atom. The molecule has 4 N–H and O–H groups in total. The first-order chi connectivity index (χ1) is 14.3. The monoisotopic (exact) mass is 434 g/mol. The number of hydrogen-bond acceptors (Lipinski definition) is 9. The Kier molecular flexibility index (Phi) is 13.1. The molecule has 0 aliphatic carbocycles. The van der Waals surface area contributed by atoms with Crippen molar-refractivity contribution in [1.29, 1.82) is 0 Å². The number of ether oxygens (including phenoxy) is 1. The van der Waals surface area contributed by atoms with Crippen molar-refractivity contribution in [3.8, 4) is 0 Å². The first-order valence-corrected chi connectivity index (χ1v) is 10.0. The molecule has 0 saturated carbocycles. The molecule has 0 aromatic rings. The fraction of sp³-hybridized carbons (Fsp3) is 0.833. The van der Waals surface area contributed by atoms with Gasteiger partial charge in [-0.1, -0.05) is 0 Å². The molecule has 1 saturated heterocycles. The third kappa shape index (κ3) is 12.7. The molecule has 1 aliphatic heterocycles. The second-order valence-corrected chi connectivity index (χ2v) is 7.19. The van der Waals surface area contributed by atoms with Crippen molar-refractivity contribution in [2.45, 2.75) is 0 Å². The van der Waals surface area contributed by atoms with Gasteiger partial charge in [-0.2, -0.15) is 0 Å². The molecule has 0 radical (unpaired) electrons. The smallest absolute Gasteiger partial charge is 0.317 e. The summed E-state index contributed by atoms with van der Waals surface area (Å²) in [6.45, 7) is 4.33. The maximum absolute atomic E-state index is 11.2. The first-order valence-electron chi connectivity index (χ1n) is 10.0. The fourth-order valence-electron chi connectivity index (χ4n) is 3.21. The summed E-state index contributed by atoms with van der Waals surface area (Å²) < 4.78 is 5.32. The molecule has 0 atom stereocenters. The zero-order valence-corrected chi connectivity index (χ0v) is 17.3. The van der Waals surface area contributed by atoms with E-state index >= 15 is 0 Å². The van der Waals surface area contributed by atoms with Gasteiger partial charge in [-0.05, 0) is 0 Å². The molecule has 0 amide bonds. The van der Waals surface area contributed by atoms with Crippen molar-refractivity contribution in [1.82, 2.24) is 19.6 Å². The van der Waals surface area contributed by atoms with Gasteiger partial charge in [0.2, 0.25) is 0 Å². The molecule has 0 bridgehead atoms. The van der Waals surface area contributed by atoms with Crippen LogP contribution in [0.3, 0.4) is 0 Å². The maximum atomic E-state index is 11.2. The summed E-state index contributed by atoms with van der Waals surface area (Å²) >= 11 is 0. The number of hydrogen-bond donors (Lipinski definition) is 4. The van der Waals surface area contributed by atoms with Crippen LogP contribution < -0.4 is 0 Å². The molecular formula is C18H34N4O8. The Balaban J connectivity index is 2.83. The van der Waals surface area contributed by atoms with E-state index in [9.17, 15) is 24.6 Å². The highest BCUT2D eigenvalue weighted by Crippen LogP contribution is 2.01.